The Morgan fingerprint density at radius 1 is 1.33 bits per heavy atom. The average Bonchev–Trinajstić information content (AvgIpc) is 2.17. The summed E-state index contributed by atoms with van der Waals surface area (Å²) in [7, 11) is 0. The minimum Gasteiger partial charge on any atom is -0.390 e. The number of aliphatic hydroxyl groups is 1. The summed E-state index contributed by atoms with van der Waals surface area (Å²) in [6.45, 7) is 4.29. The van der Waals surface area contributed by atoms with Crippen LogP contribution in [-0.2, 0) is 0 Å². The summed E-state index contributed by atoms with van der Waals surface area (Å²) >= 11 is 0. The van der Waals surface area contributed by atoms with Gasteiger partial charge in [0.25, 0.3) is 0 Å². The molecule has 3 nitrogen and oxygen atoms in total. The molecule has 0 aliphatic carbocycles. The zero-order valence-electron chi connectivity index (χ0n) is 9.12. The number of rotatable bonds is 4. The zero-order chi connectivity index (χ0) is 11.3. The standard InChI is InChI=1S/C12H16N2O/c1-12(2,15)7-8-14-11-5-3-10(9-13)4-6-11/h3-6,14-15H,7-8H2,1-2H3. The molecule has 15 heavy (non-hydrogen) atoms. The van der Waals surface area contributed by atoms with E-state index in [9.17, 15) is 5.11 Å². The van der Waals surface area contributed by atoms with Crippen molar-refractivity contribution in [2.24, 2.45) is 0 Å². The summed E-state index contributed by atoms with van der Waals surface area (Å²) in [5.74, 6) is 0. The largest absolute Gasteiger partial charge is 0.390 e. The van der Waals surface area contributed by atoms with E-state index >= 15 is 0 Å². The number of anilines is 1. The second kappa shape index (κ2) is 4.81. The normalized spacial score (nSPS) is 10.8. The van der Waals surface area contributed by atoms with Crippen LogP contribution in [0.25, 0.3) is 0 Å². The summed E-state index contributed by atoms with van der Waals surface area (Å²) in [6.07, 6.45) is 0.688. The van der Waals surface area contributed by atoms with Crippen molar-refractivity contribution >= 4 is 5.69 Å². The van der Waals surface area contributed by atoms with E-state index in [-0.39, 0.29) is 0 Å². The molecule has 0 heterocycles. The molecule has 0 saturated carbocycles. The van der Waals surface area contributed by atoms with E-state index < -0.39 is 5.60 Å². The smallest absolute Gasteiger partial charge is 0.0991 e. The third-order valence-corrected chi connectivity index (χ3v) is 2.08. The van der Waals surface area contributed by atoms with Crippen LogP contribution in [0.5, 0.6) is 0 Å². The van der Waals surface area contributed by atoms with E-state index in [0.717, 1.165) is 12.2 Å². The maximum Gasteiger partial charge on any atom is 0.0991 e. The molecule has 0 fully saturated rings. The molecule has 0 spiro atoms. The fraction of sp³-hybridized carbons (Fsp3) is 0.417. The third-order valence-electron chi connectivity index (χ3n) is 2.08. The summed E-state index contributed by atoms with van der Waals surface area (Å²) in [6, 6.07) is 9.34. The predicted molar refractivity (Wildman–Crippen MR) is 60.6 cm³/mol. The maximum atomic E-state index is 9.49. The second-order valence-corrected chi connectivity index (χ2v) is 4.18. The number of nitrogens with zero attached hydrogens (tertiary/aromatic N) is 1. The lowest BCUT2D eigenvalue weighted by atomic mass is 10.1. The number of nitriles is 1. The van der Waals surface area contributed by atoms with Gasteiger partial charge in [0.05, 0.1) is 17.2 Å². The van der Waals surface area contributed by atoms with Gasteiger partial charge in [-0.2, -0.15) is 5.26 Å². The van der Waals surface area contributed by atoms with Crippen molar-refractivity contribution in [3.63, 3.8) is 0 Å². The highest BCUT2D eigenvalue weighted by Gasteiger charge is 2.10. The lowest BCUT2D eigenvalue weighted by molar-refractivity contribution is 0.0749. The fourth-order valence-electron chi connectivity index (χ4n) is 1.18. The Labute approximate surface area is 90.4 Å². The number of nitrogens with one attached hydrogen (secondary N) is 1. The van der Waals surface area contributed by atoms with E-state index in [2.05, 4.69) is 11.4 Å². The topological polar surface area (TPSA) is 56.0 Å². The zero-order valence-corrected chi connectivity index (χ0v) is 9.12. The SMILES string of the molecule is CC(C)(O)CCNc1ccc(C#N)cc1. The van der Waals surface area contributed by atoms with Crippen molar-refractivity contribution in [1.29, 1.82) is 5.26 Å². The average molecular weight is 204 g/mol. The van der Waals surface area contributed by atoms with Crippen molar-refractivity contribution in [2.75, 3.05) is 11.9 Å². The van der Waals surface area contributed by atoms with Gasteiger partial charge in [-0.25, -0.2) is 0 Å². The first-order valence-corrected chi connectivity index (χ1v) is 4.98. The van der Waals surface area contributed by atoms with Gasteiger partial charge >= 0.3 is 0 Å². The first-order chi connectivity index (χ1) is 7.01. The van der Waals surface area contributed by atoms with Crippen LogP contribution in [0, 0.1) is 11.3 Å². The molecule has 0 atom stereocenters. The molecule has 0 radical (unpaired) electrons. The molecule has 1 aromatic rings. The first-order valence-electron chi connectivity index (χ1n) is 4.98. The Bertz CT molecular complexity index is 343. The van der Waals surface area contributed by atoms with E-state index in [1.807, 2.05) is 12.1 Å². The third kappa shape index (κ3) is 4.48. The van der Waals surface area contributed by atoms with Gasteiger partial charge < -0.3 is 10.4 Å². The van der Waals surface area contributed by atoms with Crippen LogP contribution >= 0.6 is 0 Å². The minimum absolute atomic E-state index is 0.639. The van der Waals surface area contributed by atoms with Crippen LogP contribution in [0.3, 0.4) is 0 Å². The fourth-order valence-corrected chi connectivity index (χ4v) is 1.18. The van der Waals surface area contributed by atoms with Gasteiger partial charge in [-0.1, -0.05) is 0 Å². The lowest BCUT2D eigenvalue weighted by Crippen LogP contribution is -2.22. The van der Waals surface area contributed by atoms with Crippen LogP contribution in [0.15, 0.2) is 24.3 Å². The van der Waals surface area contributed by atoms with Gasteiger partial charge in [-0.3, -0.25) is 0 Å². The van der Waals surface area contributed by atoms with Crippen molar-refractivity contribution in [2.45, 2.75) is 25.9 Å². The summed E-state index contributed by atoms with van der Waals surface area (Å²) < 4.78 is 0. The van der Waals surface area contributed by atoms with Gasteiger partial charge in [0, 0.05) is 12.2 Å². The summed E-state index contributed by atoms with van der Waals surface area (Å²) in [5, 5.41) is 21.3. The maximum absolute atomic E-state index is 9.49. The number of hydrogen-bond donors (Lipinski definition) is 2. The van der Waals surface area contributed by atoms with E-state index in [1.54, 1.807) is 26.0 Å². The summed E-state index contributed by atoms with van der Waals surface area (Å²) in [4.78, 5) is 0. The second-order valence-electron chi connectivity index (χ2n) is 4.18. The van der Waals surface area contributed by atoms with Gasteiger partial charge in [0.15, 0.2) is 0 Å². The molecule has 0 aliphatic rings. The number of benzene rings is 1. The monoisotopic (exact) mass is 204 g/mol. The molecule has 1 rings (SSSR count). The highest BCUT2D eigenvalue weighted by atomic mass is 16.3. The van der Waals surface area contributed by atoms with Crippen LogP contribution in [0.1, 0.15) is 25.8 Å². The molecule has 3 heteroatoms. The first kappa shape index (κ1) is 11.5. The quantitative estimate of drug-likeness (QED) is 0.790. The Morgan fingerprint density at radius 3 is 2.40 bits per heavy atom. The van der Waals surface area contributed by atoms with E-state index in [0.29, 0.717) is 12.0 Å². The van der Waals surface area contributed by atoms with Gasteiger partial charge in [-0.15, -0.1) is 0 Å². The summed E-state index contributed by atoms with van der Waals surface area (Å²) in [5.41, 5.74) is 0.987. The molecule has 0 bridgehead atoms. The van der Waals surface area contributed by atoms with Gasteiger partial charge in [0.2, 0.25) is 0 Å². The van der Waals surface area contributed by atoms with E-state index in [4.69, 9.17) is 5.26 Å². The molecule has 80 valence electrons. The molecule has 0 saturated heterocycles. The molecule has 1 aromatic carbocycles. The highest BCUT2D eigenvalue weighted by Crippen LogP contribution is 2.11. The lowest BCUT2D eigenvalue weighted by Gasteiger charge is -2.17. The minimum atomic E-state index is -0.639. The van der Waals surface area contributed by atoms with Crippen molar-refractivity contribution in [3.05, 3.63) is 29.8 Å². The highest BCUT2D eigenvalue weighted by molar-refractivity contribution is 5.47. The van der Waals surface area contributed by atoms with E-state index in [1.165, 1.54) is 0 Å². The predicted octanol–water partition coefficient (Wildman–Crippen LogP) is 2.13. The van der Waals surface area contributed by atoms with Crippen molar-refractivity contribution in [3.8, 4) is 6.07 Å². The van der Waals surface area contributed by atoms with Crippen LogP contribution in [0.4, 0.5) is 5.69 Å². The molecular weight excluding hydrogens is 188 g/mol. The Balaban J connectivity index is 2.42. The van der Waals surface area contributed by atoms with Crippen LogP contribution in [-0.4, -0.2) is 17.3 Å². The molecule has 0 aliphatic heterocycles. The Kier molecular flexibility index (Phi) is 3.70. The van der Waals surface area contributed by atoms with Gasteiger partial charge in [0.1, 0.15) is 0 Å². The Hall–Kier alpha value is -1.53. The number of hydrogen-bond acceptors (Lipinski definition) is 3. The molecule has 2 N–H and O–H groups in total. The van der Waals surface area contributed by atoms with Crippen LogP contribution in [0.2, 0.25) is 0 Å². The molecular formula is C12H16N2O. The molecule has 0 aromatic heterocycles. The molecule has 0 amide bonds. The Morgan fingerprint density at radius 2 is 1.93 bits per heavy atom. The molecule has 0 unspecified atom stereocenters. The van der Waals surface area contributed by atoms with Gasteiger partial charge in [-0.05, 0) is 44.5 Å². The van der Waals surface area contributed by atoms with Crippen molar-refractivity contribution in [1.82, 2.24) is 0 Å². The van der Waals surface area contributed by atoms with Crippen LogP contribution < -0.4 is 5.32 Å². The van der Waals surface area contributed by atoms with Crippen molar-refractivity contribution < 1.29 is 5.11 Å².